The summed E-state index contributed by atoms with van der Waals surface area (Å²) in [7, 11) is -0.941. The maximum atomic E-state index is 12.1. The molecule has 22 heavy (non-hydrogen) atoms. The summed E-state index contributed by atoms with van der Waals surface area (Å²) in [5.41, 5.74) is -0.748. The second kappa shape index (κ2) is 6.07. The summed E-state index contributed by atoms with van der Waals surface area (Å²) in [5.74, 6) is 0. The van der Waals surface area contributed by atoms with Crippen molar-refractivity contribution in [1.29, 1.82) is 0 Å². The van der Waals surface area contributed by atoms with Gasteiger partial charge in [-0.25, -0.2) is 17.9 Å². The zero-order valence-electron chi connectivity index (χ0n) is 11.9. The molecule has 0 aliphatic rings. The van der Waals surface area contributed by atoms with Gasteiger partial charge in [-0.05, 0) is 24.3 Å². The van der Waals surface area contributed by atoms with Crippen molar-refractivity contribution >= 4 is 21.6 Å². The molecule has 1 heterocycles. The summed E-state index contributed by atoms with van der Waals surface area (Å²) in [5, 5.41) is 0.424. The largest absolute Gasteiger partial charge is 0.330 e. The second-order valence-corrected chi connectivity index (χ2v) is 6.86. The molecular weight excluding hydrogens is 330 g/mol. The molecule has 118 valence electrons. The van der Waals surface area contributed by atoms with Crippen LogP contribution in [-0.2, 0) is 30.7 Å². The first-order valence-electron chi connectivity index (χ1n) is 6.23. The molecule has 0 fully saturated rings. The second-order valence-electron chi connectivity index (χ2n) is 4.65. The predicted octanol–water partition coefficient (Wildman–Crippen LogP) is 0.216. The van der Waals surface area contributed by atoms with Crippen LogP contribution in [0.2, 0.25) is 5.02 Å². The third kappa shape index (κ3) is 3.29. The lowest BCUT2D eigenvalue weighted by Gasteiger charge is -2.11. The molecule has 0 saturated heterocycles. The molecule has 2 aromatic rings. The summed E-state index contributed by atoms with van der Waals surface area (Å²) >= 11 is 5.71. The molecule has 0 atom stereocenters. The quantitative estimate of drug-likeness (QED) is 0.859. The fraction of sp³-hybridized carbons (Fsp3) is 0.231. The molecule has 0 bridgehead atoms. The zero-order chi connectivity index (χ0) is 16.5. The van der Waals surface area contributed by atoms with Crippen LogP contribution in [0.25, 0.3) is 0 Å². The summed E-state index contributed by atoms with van der Waals surface area (Å²) in [4.78, 5) is 23.4. The number of sulfonamides is 1. The van der Waals surface area contributed by atoms with Crippen molar-refractivity contribution in [3.8, 4) is 0 Å². The van der Waals surface area contributed by atoms with Crippen molar-refractivity contribution in [3.05, 3.63) is 61.9 Å². The third-order valence-corrected chi connectivity index (χ3v) is 4.86. The third-order valence-electron chi connectivity index (χ3n) is 3.19. The van der Waals surface area contributed by atoms with E-state index in [0.29, 0.717) is 5.02 Å². The lowest BCUT2D eigenvalue weighted by Crippen LogP contribution is -2.39. The molecule has 0 spiro atoms. The molecule has 7 nitrogen and oxygen atoms in total. The first-order valence-corrected chi connectivity index (χ1v) is 8.09. The van der Waals surface area contributed by atoms with Gasteiger partial charge in [-0.2, -0.15) is 0 Å². The van der Waals surface area contributed by atoms with Crippen LogP contribution in [0.5, 0.6) is 0 Å². The molecule has 1 N–H and O–H groups in total. The topological polar surface area (TPSA) is 90.2 Å². The number of hydrogen-bond donors (Lipinski definition) is 1. The van der Waals surface area contributed by atoms with E-state index < -0.39 is 21.3 Å². The van der Waals surface area contributed by atoms with Crippen LogP contribution in [0.15, 0.2) is 44.8 Å². The normalized spacial score (nSPS) is 11.6. The molecule has 0 aliphatic heterocycles. The minimum atomic E-state index is -3.76. The Balaban J connectivity index is 2.28. The molecule has 9 heteroatoms. The Labute approximate surface area is 131 Å². The first kappa shape index (κ1) is 16.5. The summed E-state index contributed by atoms with van der Waals surface area (Å²) in [6.45, 7) is -0.174. The standard InChI is InChI=1S/C13H14ClN3O4S/c1-16-10(7-12(18)17(2)13(16)19)8-15-22(20,21)11-5-3-9(14)4-6-11/h3-7,15H,8H2,1-2H3. The van der Waals surface area contributed by atoms with Gasteiger partial charge >= 0.3 is 5.69 Å². The molecule has 0 radical (unpaired) electrons. The molecular formula is C13H14ClN3O4S. The van der Waals surface area contributed by atoms with Crippen LogP contribution < -0.4 is 16.0 Å². The molecule has 2 rings (SSSR count). The van der Waals surface area contributed by atoms with Crippen LogP contribution in [0.3, 0.4) is 0 Å². The van der Waals surface area contributed by atoms with Crippen LogP contribution in [-0.4, -0.2) is 17.6 Å². The highest BCUT2D eigenvalue weighted by Gasteiger charge is 2.15. The molecule has 0 amide bonds. The summed E-state index contributed by atoms with van der Waals surface area (Å²) < 4.78 is 28.8. The van der Waals surface area contributed by atoms with E-state index in [2.05, 4.69) is 4.72 Å². The van der Waals surface area contributed by atoms with Crippen molar-refractivity contribution in [2.75, 3.05) is 0 Å². The Morgan fingerprint density at radius 3 is 2.27 bits per heavy atom. The predicted molar refractivity (Wildman–Crippen MR) is 82.4 cm³/mol. The maximum Gasteiger partial charge on any atom is 0.330 e. The maximum absolute atomic E-state index is 12.1. The van der Waals surface area contributed by atoms with Gasteiger partial charge in [0.05, 0.1) is 11.4 Å². The number of nitrogens with zero attached hydrogens (tertiary/aromatic N) is 2. The average Bonchev–Trinajstić information content (AvgIpc) is 2.48. The van der Waals surface area contributed by atoms with Gasteiger partial charge in [0.25, 0.3) is 5.56 Å². The van der Waals surface area contributed by atoms with Crippen molar-refractivity contribution in [3.63, 3.8) is 0 Å². The Morgan fingerprint density at radius 1 is 1.09 bits per heavy atom. The van der Waals surface area contributed by atoms with E-state index in [1.807, 2.05) is 0 Å². The van der Waals surface area contributed by atoms with E-state index in [1.54, 1.807) is 0 Å². The van der Waals surface area contributed by atoms with Gasteiger partial charge in [0.1, 0.15) is 0 Å². The Hall–Kier alpha value is -1.90. The van der Waals surface area contributed by atoms with E-state index in [-0.39, 0.29) is 17.1 Å². The fourth-order valence-corrected chi connectivity index (χ4v) is 2.94. The highest BCUT2D eigenvalue weighted by atomic mass is 35.5. The lowest BCUT2D eigenvalue weighted by molar-refractivity contribution is 0.574. The zero-order valence-corrected chi connectivity index (χ0v) is 13.5. The Morgan fingerprint density at radius 2 is 1.68 bits per heavy atom. The van der Waals surface area contributed by atoms with Gasteiger partial charge in [0, 0.05) is 30.9 Å². The van der Waals surface area contributed by atoms with Crippen LogP contribution >= 0.6 is 11.6 Å². The fourth-order valence-electron chi connectivity index (χ4n) is 1.81. The van der Waals surface area contributed by atoms with Crippen molar-refractivity contribution < 1.29 is 8.42 Å². The van der Waals surface area contributed by atoms with Crippen molar-refractivity contribution in [1.82, 2.24) is 13.9 Å². The number of rotatable bonds is 4. The minimum absolute atomic E-state index is 0.0470. The van der Waals surface area contributed by atoms with Gasteiger partial charge in [0.2, 0.25) is 10.0 Å². The van der Waals surface area contributed by atoms with Gasteiger partial charge in [0.15, 0.2) is 0 Å². The number of nitrogens with one attached hydrogen (secondary N) is 1. The Kier molecular flexibility index (Phi) is 4.55. The molecule has 0 saturated carbocycles. The highest BCUT2D eigenvalue weighted by Crippen LogP contribution is 2.14. The van der Waals surface area contributed by atoms with Gasteiger partial charge in [-0.15, -0.1) is 0 Å². The van der Waals surface area contributed by atoms with E-state index in [4.69, 9.17) is 11.6 Å². The van der Waals surface area contributed by atoms with Gasteiger partial charge in [-0.3, -0.25) is 13.9 Å². The van der Waals surface area contributed by atoms with E-state index >= 15 is 0 Å². The minimum Gasteiger partial charge on any atom is -0.299 e. The Bertz CT molecular complexity index is 914. The molecule has 0 unspecified atom stereocenters. The smallest absolute Gasteiger partial charge is 0.299 e. The number of halogens is 1. The van der Waals surface area contributed by atoms with Crippen molar-refractivity contribution in [2.45, 2.75) is 11.4 Å². The number of hydrogen-bond acceptors (Lipinski definition) is 4. The van der Waals surface area contributed by atoms with Crippen molar-refractivity contribution in [2.24, 2.45) is 14.1 Å². The molecule has 1 aromatic heterocycles. The highest BCUT2D eigenvalue weighted by molar-refractivity contribution is 7.89. The van der Waals surface area contributed by atoms with Gasteiger partial charge < -0.3 is 0 Å². The molecule has 0 aliphatic carbocycles. The van der Waals surface area contributed by atoms with E-state index in [0.717, 1.165) is 4.57 Å². The van der Waals surface area contributed by atoms with Crippen LogP contribution in [0.4, 0.5) is 0 Å². The molecule has 1 aromatic carbocycles. The summed E-state index contributed by atoms with van der Waals surface area (Å²) in [6, 6.07) is 6.88. The number of benzene rings is 1. The monoisotopic (exact) mass is 343 g/mol. The van der Waals surface area contributed by atoms with Crippen LogP contribution in [0, 0.1) is 0 Å². The lowest BCUT2D eigenvalue weighted by atomic mass is 10.4. The number of aromatic nitrogens is 2. The summed E-state index contributed by atoms with van der Waals surface area (Å²) in [6.07, 6.45) is 0. The SMILES string of the molecule is Cn1c(CNS(=O)(=O)c2ccc(Cl)cc2)cc(=O)n(C)c1=O. The average molecular weight is 344 g/mol. The van der Waals surface area contributed by atoms with Gasteiger partial charge in [-0.1, -0.05) is 11.6 Å². The van der Waals surface area contributed by atoms with Crippen LogP contribution in [0.1, 0.15) is 5.69 Å². The van der Waals surface area contributed by atoms with E-state index in [9.17, 15) is 18.0 Å². The first-order chi connectivity index (χ1) is 10.2. The van der Waals surface area contributed by atoms with E-state index in [1.165, 1.54) is 49.0 Å².